The number of hydrogen-bond acceptors (Lipinski definition) is 2. The Balaban J connectivity index is 2.26. The molecule has 0 amide bonds. The van der Waals surface area contributed by atoms with Crippen LogP contribution in [-0.4, -0.2) is 9.55 Å². The molecule has 2 rings (SSSR count). The molecule has 0 aliphatic heterocycles. The SMILES string of the molecule is NCc1nccn1Cc1ccccc1Cl. The van der Waals surface area contributed by atoms with E-state index in [-0.39, 0.29) is 0 Å². The van der Waals surface area contributed by atoms with Crippen LogP contribution < -0.4 is 5.73 Å². The van der Waals surface area contributed by atoms with Gasteiger partial charge in [0.15, 0.2) is 0 Å². The van der Waals surface area contributed by atoms with Gasteiger partial charge in [-0.05, 0) is 11.6 Å². The molecule has 78 valence electrons. The van der Waals surface area contributed by atoms with Crippen molar-refractivity contribution in [1.82, 2.24) is 9.55 Å². The molecule has 0 atom stereocenters. The quantitative estimate of drug-likeness (QED) is 0.862. The zero-order valence-electron chi connectivity index (χ0n) is 8.23. The number of nitrogens with zero attached hydrogens (tertiary/aromatic N) is 2. The van der Waals surface area contributed by atoms with Gasteiger partial charge in [-0.3, -0.25) is 0 Å². The Hall–Kier alpha value is -1.32. The van der Waals surface area contributed by atoms with Crippen LogP contribution in [0.4, 0.5) is 0 Å². The average molecular weight is 222 g/mol. The van der Waals surface area contributed by atoms with Crippen molar-refractivity contribution in [1.29, 1.82) is 0 Å². The molecule has 0 bridgehead atoms. The molecule has 4 heteroatoms. The third kappa shape index (κ3) is 2.19. The number of hydrogen-bond donors (Lipinski definition) is 1. The van der Waals surface area contributed by atoms with Crippen molar-refractivity contribution in [2.24, 2.45) is 5.73 Å². The highest BCUT2D eigenvalue weighted by atomic mass is 35.5. The minimum absolute atomic E-state index is 0.442. The van der Waals surface area contributed by atoms with Crippen LogP contribution in [0.25, 0.3) is 0 Å². The van der Waals surface area contributed by atoms with E-state index >= 15 is 0 Å². The number of rotatable bonds is 3. The fourth-order valence-corrected chi connectivity index (χ4v) is 1.68. The van der Waals surface area contributed by atoms with E-state index in [4.69, 9.17) is 17.3 Å². The average Bonchev–Trinajstić information content (AvgIpc) is 2.69. The summed E-state index contributed by atoms with van der Waals surface area (Å²) < 4.78 is 2.00. The highest BCUT2D eigenvalue weighted by molar-refractivity contribution is 6.31. The van der Waals surface area contributed by atoms with Crippen molar-refractivity contribution in [2.75, 3.05) is 0 Å². The van der Waals surface area contributed by atoms with Crippen LogP contribution in [-0.2, 0) is 13.1 Å². The van der Waals surface area contributed by atoms with Crippen LogP contribution in [0.15, 0.2) is 36.7 Å². The van der Waals surface area contributed by atoms with E-state index in [9.17, 15) is 0 Å². The van der Waals surface area contributed by atoms with E-state index in [1.807, 2.05) is 35.0 Å². The number of imidazole rings is 1. The van der Waals surface area contributed by atoms with Crippen molar-refractivity contribution in [3.63, 3.8) is 0 Å². The van der Waals surface area contributed by atoms with Gasteiger partial charge in [-0.15, -0.1) is 0 Å². The van der Waals surface area contributed by atoms with Crippen molar-refractivity contribution in [2.45, 2.75) is 13.1 Å². The van der Waals surface area contributed by atoms with Gasteiger partial charge in [-0.25, -0.2) is 4.98 Å². The summed E-state index contributed by atoms with van der Waals surface area (Å²) in [5.74, 6) is 0.870. The van der Waals surface area contributed by atoms with Gasteiger partial charge < -0.3 is 10.3 Å². The maximum absolute atomic E-state index is 6.07. The van der Waals surface area contributed by atoms with E-state index in [0.29, 0.717) is 13.1 Å². The second-order valence-corrected chi connectivity index (χ2v) is 3.67. The molecule has 1 aromatic heterocycles. The van der Waals surface area contributed by atoms with Crippen molar-refractivity contribution >= 4 is 11.6 Å². The molecule has 0 radical (unpaired) electrons. The molecular formula is C11H12ClN3. The number of benzene rings is 1. The number of halogens is 1. The largest absolute Gasteiger partial charge is 0.329 e. The Morgan fingerprint density at radius 3 is 2.87 bits per heavy atom. The molecule has 1 heterocycles. The first-order valence-corrected chi connectivity index (χ1v) is 5.12. The van der Waals surface area contributed by atoms with Crippen molar-refractivity contribution in [3.05, 3.63) is 53.1 Å². The maximum atomic E-state index is 6.07. The standard InChI is InChI=1S/C11H12ClN3/c12-10-4-2-1-3-9(10)8-15-6-5-14-11(15)7-13/h1-6H,7-8,13H2. The van der Waals surface area contributed by atoms with Crippen LogP contribution in [0.1, 0.15) is 11.4 Å². The summed E-state index contributed by atoms with van der Waals surface area (Å²) >= 11 is 6.07. The zero-order chi connectivity index (χ0) is 10.7. The van der Waals surface area contributed by atoms with Gasteiger partial charge in [0, 0.05) is 17.4 Å². The van der Waals surface area contributed by atoms with Crippen molar-refractivity contribution < 1.29 is 0 Å². The van der Waals surface area contributed by atoms with Crippen LogP contribution >= 0.6 is 11.6 Å². The first-order valence-electron chi connectivity index (χ1n) is 4.74. The molecule has 0 spiro atoms. The van der Waals surface area contributed by atoms with E-state index in [0.717, 1.165) is 16.4 Å². The Morgan fingerprint density at radius 2 is 2.13 bits per heavy atom. The van der Waals surface area contributed by atoms with Gasteiger partial charge in [-0.2, -0.15) is 0 Å². The second-order valence-electron chi connectivity index (χ2n) is 3.27. The third-order valence-corrected chi connectivity index (χ3v) is 2.65. The summed E-state index contributed by atoms with van der Waals surface area (Å²) in [6, 6.07) is 7.78. The van der Waals surface area contributed by atoms with Crippen LogP contribution in [0, 0.1) is 0 Å². The summed E-state index contributed by atoms with van der Waals surface area (Å²) in [6.45, 7) is 1.16. The second kappa shape index (κ2) is 4.47. The molecule has 0 unspecified atom stereocenters. The smallest absolute Gasteiger partial charge is 0.122 e. The molecule has 2 aromatic rings. The highest BCUT2D eigenvalue weighted by Gasteiger charge is 2.03. The molecule has 0 aliphatic carbocycles. The third-order valence-electron chi connectivity index (χ3n) is 2.28. The van der Waals surface area contributed by atoms with E-state index < -0.39 is 0 Å². The van der Waals surface area contributed by atoms with Gasteiger partial charge in [0.05, 0.1) is 13.1 Å². The lowest BCUT2D eigenvalue weighted by Crippen LogP contribution is -2.08. The first-order chi connectivity index (χ1) is 7.31. The van der Waals surface area contributed by atoms with Crippen LogP contribution in [0.2, 0.25) is 5.02 Å². The summed E-state index contributed by atoms with van der Waals surface area (Å²) in [7, 11) is 0. The Bertz CT molecular complexity index is 451. The molecule has 0 saturated carbocycles. The molecule has 1 aromatic carbocycles. The van der Waals surface area contributed by atoms with Gasteiger partial charge >= 0.3 is 0 Å². The predicted octanol–water partition coefficient (Wildman–Crippen LogP) is 2.04. The lowest BCUT2D eigenvalue weighted by atomic mass is 10.2. The topological polar surface area (TPSA) is 43.8 Å². The summed E-state index contributed by atoms with van der Waals surface area (Å²) in [5, 5.41) is 0.772. The lowest BCUT2D eigenvalue weighted by Gasteiger charge is -2.07. The van der Waals surface area contributed by atoms with Gasteiger partial charge in [-0.1, -0.05) is 29.8 Å². The van der Waals surface area contributed by atoms with E-state index in [1.54, 1.807) is 6.20 Å². The van der Waals surface area contributed by atoms with E-state index in [1.165, 1.54) is 0 Å². The molecule has 15 heavy (non-hydrogen) atoms. The first kappa shape index (κ1) is 10.2. The number of nitrogens with two attached hydrogens (primary N) is 1. The fourth-order valence-electron chi connectivity index (χ4n) is 1.48. The van der Waals surface area contributed by atoms with E-state index in [2.05, 4.69) is 4.98 Å². The minimum Gasteiger partial charge on any atom is -0.329 e. The zero-order valence-corrected chi connectivity index (χ0v) is 8.98. The molecule has 0 fully saturated rings. The van der Waals surface area contributed by atoms with Crippen LogP contribution in [0.5, 0.6) is 0 Å². The molecule has 0 aliphatic rings. The summed E-state index contributed by atoms with van der Waals surface area (Å²) in [5.41, 5.74) is 6.65. The Labute approximate surface area is 93.5 Å². The van der Waals surface area contributed by atoms with Gasteiger partial charge in [0.25, 0.3) is 0 Å². The highest BCUT2D eigenvalue weighted by Crippen LogP contribution is 2.16. The summed E-state index contributed by atoms with van der Waals surface area (Å²) in [6.07, 6.45) is 3.66. The number of aromatic nitrogens is 2. The van der Waals surface area contributed by atoms with Gasteiger partial charge in [0.2, 0.25) is 0 Å². The van der Waals surface area contributed by atoms with Gasteiger partial charge in [0.1, 0.15) is 5.82 Å². The monoisotopic (exact) mass is 221 g/mol. The molecular weight excluding hydrogens is 210 g/mol. The lowest BCUT2D eigenvalue weighted by molar-refractivity contribution is 0.724. The normalized spacial score (nSPS) is 10.5. The molecule has 3 nitrogen and oxygen atoms in total. The maximum Gasteiger partial charge on any atom is 0.122 e. The Morgan fingerprint density at radius 1 is 1.33 bits per heavy atom. The van der Waals surface area contributed by atoms with Crippen molar-refractivity contribution in [3.8, 4) is 0 Å². The molecule has 0 saturated heterocycles. The minimum atomic E-state index is 0.442. The summed E-state index contributed by atoms with van der Waals surface area (Å²) in [4.78, 5) is 4.16. The molecule has 2 N–H and O–H groups in total. The predicted molar refractivity (Wildman–Crippen MR) is 60.7 cm³/mol. The van der Waals surface area contributed by atoms with Crippen LogP contribution in [0.3, 0.4) is 0 Å². The Kier molecular flexibility index (Phi) is 3.04. The fraction of sp³-hybridized carbons (Fsp3) is 0.182.